The molecule has 5 heteroatoms. The molecule has 0 atom stereocenters. The highest BCUT2D eigenvalue weighted by molar-refractivity contribution is 6.01. The van der Waals surface area contributed by atoms with Gasteiger partial charge in [-0.1, -0.05) is 12.1 Å². The first-order chi connectivity index (χ1) is 10.2. The van der Waals surface area contributed by atoms with E-state index in [1.807, 2.05) is 38.1 Å². The fourth-order valence-corrected chi connectivity index (χ4v) is 2.11. The molecule has 0 bridgehead atoms. The molecule has 0 aliphatic heterocycles. The Morgan fingerprint density at radius 3 is 3.00 bits per heavy atom. The molecule has 5 nitrogen and oxygen atoms in total. The molecule has 0 spiro atoms. The summed E-state index contributed by atoms with van der Waals surface area (Å²) in [6, 6.07) is 7.66. The fourth-order valence-electron chi connectivity index (χ4n) is 2.11. The van der Waals surface area contributed by atoms with Crippen LogP contribution in [0.2, 0.25) is 0 Å². The number of amides is 1. The van der Waals surface area contributed by atoms with Crippen molar-refractivity contribution in [2.24, 2.45) is 11.0 Å². The monoisotopic (exact) mass is 286 g/mol. The maximum absolute atomic E-state index is 11.6. The lowest BCUT2D eigenvalue weighted by Crippen LogP contribution is -2.20. The minimum Gasteiger partial charge on any atom is -0.490 e. The normalized spacial score (nSPS) is 15.2. The first-order valence-electron chi connectivity index (χ1n) is 7.19. The number of hydrogen-bond donors (Lipinski definition) is 1. The highest BCUT2D eigenvalue weighted by Gasteiger charge is 2.29. The molecule has 1 aliphatic carbocycles. The molecule has 1 fully saturated rings. The van der Waals surface area contributed by atoms with Crippen molar-refractivity contribution in [1.29, 1.82) is 0 Å². The van der Waals surface area contributed by atoms with Crippen LogP contribution in [0.4, 0.5) is 0 Å². The van der Waals surface area contributed by atoms with Crippen molar-refractivity contribution in [2.45, 2.75) is 26.7 Å². The summed E-state index contributed by atoms with van der Waals surface area (Å²) in [6.45, 7) is 4.33. The third-order valence-corrected chi connectivity index (χ3v) is 3.45. The summed E-state index contributed by atoms with van der Waals surface area (Å²) in [5.41, 5.74) is 3.93. The first-order valence-corrected chi connectivity index (χ1v) is 7.19. The van der Waals surface area contributed by atoms with E-state index in [0.29, 0.717) is 23.7 Å². The van der Waals surface area contributed by atoms with E-state index in [2.05, 4.69) is 10.5 Å². The number of carbonyl (C=O) groups excluding carboxylic acids is 1. The van der Waals surface area contributed by atoms with E-state index in [-0.39, 0.29) is 11.8 Å². The van der Waals surface area contributed by atoms with Gasteiger partial charge in [-0.05, 0) is 38.8 Å². The van der Waals surface area contributed by atoms with Crippen molar-refractivity contribution in [2.75, 3.05) is 6.61 Å². The Hall–Kier alpha value is -2.30. The minimum atomic E-state index is -0.0135. The molecular formula is C16H18N2O3. The second-order valence-electron chi connectivity index (χ2n) is 5.17. The quantitative estimate of drug-likeness (QED) is 0.678. The number of furan rings is 1. The van der Waals surface area contributed by atoms with Crippen LogP contribution in [0.1, 0.15) is 32.4 Å². The Bertz CT molecular complexity index is 699. The summed E-state index contributed by atoms with van der Waals surface area (Å²) in [6.07, 6.45) is 1.92. The Labute approximate surface area is 123 Å². The predicted octanol–water partition coefficient (Wildman–Crippen LogP) is 3.08. The lowest BCUT2D eigenvalue weighted by molar-refractivity contribution is -0.122. The summed E-state index contributed by atoms with van der Waals surface area (Å²) < 4.78 is 11.4. The van der Waals surface area contributed by atoms with Gasteiger partial charge < -0.3 is 9.15 Å². The van der Waals surface area contributed by atoms with Crippen LogP contribution in [0.25, 0.3) is 11.0 Å². The van der Waals surface area contributed by atoms with Crippen LogP contribution in [0.3, 0.4) is 0 Å². The number of nitrogens with one attached hydrogen (secondary N) is 1. The van der Waals surface area contributed by atoms with Gasteiger partial charge in [0.15, 0.2) is 17.1 Å². The van der Waals surface area contributed by atoms with Crippen molar-refractivity contribution < 1.29 is 13.9 Å². The topological polar surface area (TPSA) is 63.8 Å². The van der Waals surface area contributed by atoms with Crippen molar-refractivity contribution in [1.82, 2.24) is 5.43 Å². The van der Waals surface area contributed by atoms with Gasteiger partial charge in [0.2, 0.25) is 5.91 Å². The van der Waals surface area contributed by atoms with Crippen LogP contribution in [-0.4, -0.2) is 18.2 Å². The number of ether oxygens (including phenoxy) is 1. The summed E-state index contributed by atoms with van der Waals surface area (Å²) >= 11 is 0. The van der Waals surface area contributed by atoms with Crippen LogP contribution in [-0.2, 0) is 4.79 Å². The van der Waals surface area contributed by atoms with Crippen LogP contribution >= 0.6 is 0 Å². The molecule has 0 radical (unpaired) electrons. The molecule has 1 aliphatic rings. The average molecular weight is 286 g/mol. The first kappa shape index (κ1) is 13.7. The lowest BCUT2D eigenvalue weighted by Gasteiger charge is -2.02. The number of carbonyl (C=O) groups is 1. The van der Waals surface area contributed by atoms with E-state index in [1.54, 1.807) is 0 Å². The molecule has 1 aromatic heterocycles. The van der Waals surface area contributed by atoms with Gasteiger partial charge in [-0.25, -0.2) is 5.43 Å². The minimum absolute atomic E-state index is 0.0135. The van der Waals surface area contributed by atoms with Crippen LogP contribution < -0.4 is 10.2 Å². The second-order valence-corrected chi connectivity index (χ2v) is 5.17. The molecule has 2 aromatic rings. The van der Waals surface area contributed by atoms with Gasteiger partial charge in [-0.2, -0.15) is 5.10 Å². The maximum Gasteiger partial charge on any atom is 0.243 e. The van der Waals surface area contributed by atoms with Crippen molar-refractivity contribution in [3.05, 3.63) is 30.0 Å². The van der Waals surface area contributed by atoms with E-state index in [1.165, 1.54) is 0 Å². The molecule has 1 N–H and O–H groups in total. The molecule has 0 unspecified atom stereocenters. The third-order valence-electron chi connectivity index (χ3n) is 3.45. The van der Waals surface area contributed by atoms with Crippen molar-refractivity contribution in [3.8, 4) is 5.75 Å². The van der Waals surface area contributed by atoms with Crippen molar-refractivity contribution in [3.63, 3.8) is 0 Å². The van der Waals surface area contributed by atoms with Gasteiger partial charge in [-0.3, -0.25) is 4.79 Å². The molecule has 1 saturated carbocycles. The number of hydrazone groups is 1. The molecule has 1 heterocycles. The fraction of sp³-hybridized carbons (Fsp3) is 0.375. The number of rotatable bonds is 5. The lowest BCUT2D eigenvalue weighted by atomic mass is 10.2. The summed E-state index contributed by atoms with van der Waals surface area (Å²) in [7, 11) is 0. The predicted molar refractivity (Wildman–Crippen MR) is 80.5 cm³/mol. The Kier molecular flexibility index (Phi) is 3.64. The molecule has 0 saturated heterocycles. The zero-order valence-electron chi connectivity index (χ0n) is 12.2. The van der Waals surface area contributed by atoms with Gasteiger partial charge in [-0.15, -0.1) is 0 Å². The van der Waals surface area contributed by atoms with Gasteiger partial charge in [0, 0.05) is 11.3 Å². The van der Waals surface area contributed by atoms with Gasteiger partial charge in [0.25, 0.3) is 0 Å². The van der Waals surface area contributed by atoms with Gasteiger partial charge in [0.1, 0.15) is 5.71 Å². The molecule has 110 valence electrons. The van der Waals surface area contributed by atoms with E-state index >= 15 is 0 Å². The highest BCUT2D eigenvalue weighted by atomic mass is 16.5. The summed E-state index contributed by atoms with van der Waals surface area (Å²) in [5, 5.41) is 5.07. The number of hydrogen-bond acceptors (Lipinski definition) is 4. The largest absolute Gasteiger partial charge is 0.490 e. The molecule has 21 heavy (non-hydrogen) atoms. The van der Waals surface area contributed by atoms with E-state index in [0.717, 1.165) is 24.0 Å². The Balaban J connectivity index is 1.84. The number of para-hydroxylation sites is 1. The van der Waals surface area contributed by atoms with Gasteiger partial charge >= 0.3 is 0 Å². The number of nitrogens with zero attached hydrogens (tertiary/aromatic N) is 1. The van der Waals surface area contributed by atoms with Crippen molar-refractivity contribution >= 4 is 22.6 Å². The third kappa shape index (κ3) is 2.91. The zero-order valence-corrected chi connectivity index (χ0v) is 12.2. The average Bonchev–Trinajstić information content (AvgIpc) is 3.24. The molecule has 1 amide bonds. The number of fused-ring (bicyclic) bond motifs is 1. The van der Waals surface area contributed by atoms with Crippen LogP contribution in [0, 0.1) is 5.92 Å². The maximum atomic E-state index is 11.6. The Morgan fingerprint density at radius 1 is 1.48 bits per heavy atom. The molecular weight excluding hydrogens is 268 g/mol. The Morgan fingerprint density at radius 2 is 2.29 bits per heavy atom. The summed E-state index contributed by atoms with van der Waals surface area (Å²) in [5.74, 6) is 1.48. The SMILES string of the molecule is CCOc1cccc2cc(/C(C)=N\NC(=O)C3CC3)oc12. The van der Waals surface area contributed by atoms with E-state index < -0.39 is 0 Å². The zero-order chi connectivity index (χ0) is 14.8. The van der Waals surface area contributed by atoms with Gasteiger partial charge in [0.05, 0.1) is 6.61 Å². The molecule has 1 aromatic carbocycles. The van der Waals surface area contributed by atoms with E-state index in [4.69, 9.17) is 9.15 Å². The highest BCUT2D eigenvalue weighted by Crippen LogP contribution is 2.30. The smallest absolute Gasteiger partial charge is 0.243 e. The standard InChI is InChI=1S/C16H18N2O3/c1-3-20-13-6-4-5-12-9-14(21-15(12)13)10(2)17-18-16(19)11-7-8-11/h4-6,9,11H,3,7-8H2,1-2H3,(H,18,19)/b17-10-. The van der Waals surface area contributed by atoms with Crippen LogP contribution in [0.5, 0.6) is 5.75 Å². The number of benzene rings is 1. The summed E-state index contributed by atoms with van der Waals surface area (Å²) in [4.78, 5) is 11.6. The molecule has 3 rings (SSSR count). The second kappa shape index (κ2) is 5.60. The van der Waals surface area contributed by atoms with E-state index in [9.17, 15) is 4.79 Å². The van der Waals surface area contributed by atoms with Crippen LogP contribution in [0.15, 0.2) is 33.8 Å².